The van der Waals surface area contributed by atoms with Crippen molar-refractivity contribution >= 4 is 16.9 Å². The van der Waals surface area contributed by atoms with Gasteiger partial charge in [-0.05, 0) is 48.7 Å². The first kappa shape index (κ1) is 25.7. The van der Waals surface area contributed by atoms with Crippen molar-refractivity contribution in [2.24, 2.45) is 0 Å². The van der Waals surface area contributed by atoms with Gasteiger partial charge in [-0.2, -0.15) is 0 Å². The monoisotopic (exact) mass is 497 g/mol. The summed E-state index contributed by atoms with van der Waals surface area (Å²) in [5.41, 5.74) is 0.632. The minimum Gasteiger partial charge on any atom is -0.493 e. The van der Waals surface area contributed by atoms with Gasteiger partial charge in [-0.25, -0.2) is 4.39 Å². The summed E-state index contributed by atoms with van der Waals surface area (Å²) < 4.78 is 36.5. The van der Waals surface area contributed by atoms with E-state index in [0.717, 1.165) is 31.7 Å². The summed E-state index contributed by atoms with van der Waals surface area (Å²) in [7, 11) is 3.15. The zero-order chi connectivity index (χ0) is 25.7. The third-order valence-electron chi connectivity index (χ3n) is 6.43. The number of hydrogen-bond donors (Lipinski definition) is 0. The lowest BCUT2D eigenvalue weighted by molar-refractivity contribution is 0.0707. The maximum atomic E-state index is 14.0. The molecule has 8 heteroatoms. The van der Waals surface area contributed by atoms with Crippen molar-refractivity contribution in [3.05, 3.63) is 69.3 Å². The summed E-state index contributed by atoms with van der Waals surface area (Å²) in [4.78, 5) is 28.6. The molecule has 1 aliphatic heterocycles. The second-order valence-electron chi connectivity index (χ2n) is 8.88. The molecular formula is C28H32FNO6. The zero-order valence-electron chi connectivity index (χ0n) is 21.0. The molecule has 4 rings (SSSR count). The van der Waals surface area contributed by atoms with E-state index in [2.05, 4.69) is 6.92 Å². The predicted molar refractivity (Wildman–Crippen MR) is 134 cm³/mol. The average molecular weight is 498 g/mol. The van der Waals surface area contributed by atoms with Crippen molar-refractivity contribution in [2.45, 2.75) is 45.1 Å². The van der Waals surface area contributed by atoms with Gasteiger partial charge in [0.1, 0.15) is 11.4 Å². The highest BCUT2D eigenvalue weighted by atomic mass is 19.1. The number of nitrogens with zero attached hydrogens (tertiary/aromatic N) is 1. The summed E-state index contributed by atoms with van der Waals surface area (Å²) in [6.45, 7) is 3.54. The van der Waals surface area contributed by atoms with E-state index in [1.807, 2.05) is 6.07 Å². The Balaban J connectivity index is 1.75. The van der Waals surface area contributed by atoms with Crippen LogP contribution in [-0.2, 0) is 4.74 Å². The molecule has 0 saturated heterocycles. The SMILES string of the molecule is CCCCCCOc1ccc(C2c3c(oc4ccc(F)cc4c3=O)C(=O)N2CCCOC)cc1OC. The Morgan fingerprint density at radius 1 is 0.972 bits per heavy atom. The Bertz CT molecular complexity index is 1290. The highest BCUT2D eigenvalue weighted by Crippen LogP contribution is 2.41. The van der Waals surface area contributed by atoms with Crippen LogP contribution in [-0.4, -0.2) is 44.8 Å². The summed E-state index contributed by atoms with van der Waals surface area (Å²) in [5.74, 6) is 0.161. The molecule has 3 aromatic rings. The molecule has 2 aromatic carbocycles. The first-order valence-electron chi connectivity index (χ1n) is 12.4. The van der Waals surface area contributed by atoms with Gasteiger partial charge in [0, 0.05) is 20.3 Å². The normalized spacial score (nSPS) is 14.9. The number of carbonyl (C=O) groups excluding carboxylic acids is 1. The molecule has 7 nitrogen and oxygen atoms in total. The number of halogens is 1. The molecule has 2 heterocycles. The molecule has 0 spiro atoms. The fraction of sp³-hybridized carbons (Fsp3) is 0.429. The third-order valence-corrected chi connectivity index (χ3v) is 6.43. The maximum Gasteiger partial charge on any atom is 0.290 e. The molecule has 1 aliphatic rings. The molecule has 1 atom stereocenters. The second-order valence-corrected chi connectivity index (χ2v) is 8.88. The van der Waals surface area contributed by atoms with Gasteiger partial charge in [-0.1, -0.05) is 32.3 Å². The van der Waals surface area contributed by atoms with Crippen molar-refractivity contribution in [3.63, 3.8) is 0 Å². The smallest absolute Gasteiger partial charge is 0.290 e. The van der Waals surface area contributed by atoms with Crippen LogP contribution in [0.15, 0.2) is 45.6 Å². The minimum absolute atomic E-state index is 0.0169. The summed E-state index contributed by atoms with van der Waals surface area (Å²) in [6, 6.07) is 8.43. The quantitative estimate of drug-likeness (QED) is 0.308. The van der Waals surface area contributed by atoms with Crippen molar-refractivity contribution in [3.8, 4) is 11.5 Å². The van der Waals surface area contributed by atoms with Gasteiger partial charge in [0.05, 0.1) is 30.7 Å². The highest BCUT2D eigenvalue weighted by molar-refractivity contribution is 5.99. The zero-order valence-corrected chi connectivity index (χ0v) is 21.0. The number of hydrogen-bond acceptors (Lipinski definition) is 6. The van der Waals surface area contributed by atoms with Crippen LogP contribution in [0, 0.1) is 5.82 Å². The highest BCUT2D eigenvalue weighted by Gasteiger charge is 2.42. The molecule has 0 fully saturated rings. The van der Waals surface area contributed by atoms with Crippen molar-refractivity contribution in [1.82, 2.24) is 4.90 Å². The van der Waals surface area contributed by atoms with Crippen LogP contribution in [0.4, 0.5) is 4.39 Å². The van der Waals surface area contributed by atoms with Crippen LogP contribution < -0.4 is 14.9 Å². The fourth-order valence-corrected chi connectivity index (χ4v) is 4.63. The molecule has 0 radical (unpaired) electrons. The van der Waals surface area contributed by atoms with Gasteiger partial charge in [0.2, 0.25) is 5.76 Å². The van der Waals surface area contributed by atoms with E-state index >= 15 is 0 Å². The molecule has 1 aromatic heterocycles. The van der Waals surface area contributed by atoms with Gasteiger partial charge in [-0.3, -0.25) is 9.59 Å². The minimum atomic E-state index is -0.708. The largest absolute Gasteiger partial charge is 0.493 e. The van der Waals surface area contributed by atoms with Crippen LogP contribution in [0.2, 0.25) is 0 Å². The number of unbranched alkanes of at least 4 members (excludes halogenated alkanes) is 3. The van der Waals surface area contributed by atoms with Crippen LogP contribution in [0.3, 0.4) is 0 Å². The Labute approximate surface area is 209 Å². The predicted octanol–water partition coefficient (Wildman–Crippen LogP) is 5.48. The molecule has 0 aliphatic carbocycles. The first-order chi connectivity index (χ1) is 17.5. The van der Waals surface area contributed by atoms with Gasteiger partial charge in [0.25, 0.3) is 5.91 Å². The van der Waals surface area contributed by atoms with Crippen LogP contribution in [0.1, 0.15) is 66.8 Å². The molecule has 0 saturated carbocycles. The lowest BCUT2D eigenvalue weighted by Gasteiger charge is -2.25. The molecule has 1 unspecified atom stereocenters. The van der Waals surface area contributed by atoms with Crippen LogP contribution >= 0.6 is 0 Å². The summed E-state index contributed by atoms with van der Waals surface area (Å²) in [5, 5.41) is 0.101. The summed E-state index contributed by atoms with van der Waals surface area (Å²) in [6.07, 6.45) is 4.93. The number of carbonyl (C=O) groups is 1. The number of methoxy groups -OCH3 is 2. The summed E-state index contributed by atoms with van der Waals surface area (Å²) >= 11 is 0. The topological polar surface area (TPSA) is 78.2 Å². The molecule has 0 N–H and O–H groups in total. The van der Waals surface area contributed by atoms with Crippen LogP contribution in [0.5, 0.6) is 11.5 Å². The molecule has 36 heavy (non-hydrogen) atoms. The number of ether oxygens (including phenoxy) is 3. The third kappa shape index (κ3) is 5.09. The first-order valence-corrected chi connectivity index (χ1v) is 12.4. The van der Waals surface area contributed by atoms with Gasteiger partial charge in [0.15, 0.2) is 16.9 Å². The lowest BCUT2D eigenvalue weighted by atomic mass is 9.98. The maximum absolute atomic E-state index is 14.0. The Morgan fingerprint density at radius 2 is 1.81 bits per heavy atom. The Hall–Kier alpha value is -3.39. The number of rotatable bonds is 12. The van der Waals surface area contributed by atoms with Crippen LogP contribution in [0.25, 0.3) is 11.0 Å². The van der Waals surface area contributed by atoms with E-state index in [9.17, 15) is 14.0 Å². The lowest BCUT2D eigenvalue weighted by Crippen LogP contribution is -2.31. The molecule has 1 amide bonds. The molecule has 0 bridgehead atoms. The van der Waals surface area contributed by atoms with Crippen molar-refractivity contribution in [1.29, 1.82) is 0 Å². The molecular weight excluding hydrogens is 465 g/mol. The Kier molecular flexibility index (Phi) is 8.25. The van der Waals surface area contributed by atoms with Gasteiger partial charge in [-0.15, -0.1) is 0 Å². The fourth-order valence-electron chi connectivity index (χ4n) is 4.63. The number of fused-ring (bicyclic) bond motifs is 2. The van der Waals surface area contributed by atoms with E-state index in [4.69, 9.17) is 18.6 Å². The van der Waals surface area contributed by atoms with E-state index in [0.29, 0.717) is 43.2 Å². The van der Waals surface area contributed by atoms with E-state index in [1.54, 1.807) is 31.3 Å². The number of benzene rings is 2. The van der Waals surface area contributed by atoms with E-state index in [1.165, 1.54) is 12.1 Å². The standard InChI is InChI=1S/C28H32FNO6/c1-4-5-6-7-15-35-22-11-9-18(16-23(22)34-3)25-24-26(31)20-17-19(29)10-12-21(20)36-27(24)28(32)30(25)13-8-14-33-2/h9-12,16-17,25H,4-8,13-15H2,1-3H3. The van der Waals surface area contributed by atoms with Crippen molar-refractivity contribution in [2.75, 3.05) is 34.0 Å². The average Bonchev–Trinajstić information content (AvgIpc) is 3.16. The Morgan fingerprint density at radius 3 is 2.56 bits per heavy atom. The van der Waals surface area contributed by atoms with Gasteiger partial charge < -0.3 is 23.5 Å². The van der Waals surface area contributed by atoms with Crippen molar-refractivity contribution < 1.29 is 27.8 Å². The van der Waals surface area contributed by atoms with E-state index in [-0.39, 0.29) is 28.2 Å². The molecule has 192 valence electrons. The number of amides is 1. The second kappa shape index (κ2) is 11.6. The van der Waals surface area contributed by atoms with E-state index < -0.39 is 17.3 Å². The van der Waals surface area contributed by atoms with Gasteiger partial charge >= 0.3 is 0 Å².